The molecule has 0 fully saturated rings. The van der Waals surface area contributed by atoms with Gasteiger partial charge in [0.15, 0.2) is 17.4 Å². The molecule has 1 aromatic heterocycles. The summed E-state index contributed by atoms with van der Waals surface area (Å²) in [5.74, 6) is -2.39. The predicted molar refractivity (Wildman–Crippen MR) is 93.7 cm³/mol. The first-order chi connectivity index (χ1) is 12.3. The Labute approximate surface area is 155 Å². The van der Waals surface area contributed by atoms with Gasteiger partial charge in [0.2, 0.25) is 5.88 Å². The molecule has 8 heteroatoms. The average Bonchev–Trinajstić information content (AvgIpc) is 2.57. The molecular weight excluding hydrogens is 366 g/mol. The van der Waals surface area contributed by atoms with Crippen molar-refractivity contribution >= 4 is 17.5 Å². The maximum atomic E-state index is 13.7. The van der Waals surface area contributed by atoms with Crippen molar-refractivity contribution in [3.63, 3.8) is 0 Å². The number of carbonyl (C=O) groups is 1. The Morgan fingerprint density at radius 3 is 2.54 bits per heavy atom. The molecule has 0 aliphatic rings. The molecule has 0 aliphatic carbocycles. The number of carbonyl (C=O) groups excluding carboxylic acids is 1. The van der Waals surface area contributed by atoms with E-state index >= 15 is 0 Å². The van der Waals surface area contributed by atoms with E-state index in [4.69, 9.17) is 16.3 Å². The van der Waals surface area contributed by atoms with Crippen LogP contribution in [0, 0.1) is 17.6 Å². The van der Waals surface area contributed by atoms with Gasteiger partial charge in [-0.1, -0.05) is 25.4 Å². The van der Waals surface area contributed by atoms with E-state index in [2.05, 4.69) is 15.0 Å². The molecule has 1 N–H and O–H groups in total. The summed E-state index contributed by atoms with van der Waals surface area (Å²) in [6.45, 7) is 4.17. The Bertz CT molecular complexity index is 777. The molecule has 1 amide bonds. The highest BCUT2D eigenvalue weighted by molar-refractivity contribution is 6.34. The second kappa shape index (κ2) is 8.80. The van der Waals surface area contributed by atoms with Crippen LogP contribution in [0.3, 0.4) is 0 Å². The van der Waals surface area contributed by atoms with Crippen LogP contribution in [0.2, 0.25) is 5.02 Å². The number of hydrogen-bond acceptors (Lipinski definition) is 4. The Morgan fingerprint density at radius 1 is 1.31 bits per heavy atom. The van der Waals surface area contributed by atoms with Gasteiger partial charge in [0, 0.05) is 12.7 Å². The Hall–Kier alpha value is -2.41. The number of nitrogens with one attached hydrogen (secondary N) is 1. The van der Waals surface area contributed by atoms with Gasteiger partial charge < -0.3 is 14.8 Å². The van der Waals surface area contributed by atoms with Crippen LogP contribution >= 0.6 is 11.6 Å². The van der Waals surface area contributed by atoms with E-state index in [1.807, 2.05) is 13.8 Å². The van der Waals surface area contributed by atoms with Crippen molar-refractivity contribution in [1.82, 2.24) is 10.3 Å². The number of rotatable bonds is 7. The van der Waals surface area contributed by atoms with Gasteiger partial charge in [0.1, 0.15) is 5.56 Å². The van der Waals surface area contributed by atoms with Crippen LogP contribution in [0.15, 0.2) is 24.4 Å². The van der Waals surface area contributed by atoms with Crippen LogP contribution in [-0.2, 0) is 6.54 Å². The van der Waals surface area contributed by atoms with Crippen LogP contribution in [0.4, 0.5) is 8.78 Å². The van der Waals surface area contributed by atoms with Crippen LogP contribution in [0.25, 0.3) is 0 Å². The maximum absolute atomic E-state index is 13.7. The van der Waals surface area contributed by atoms with Crippen LogP contribution < -0.4 is 14.8 Å². The third kappa shape index (κ3) is 4.82. The molecule has 2 rings (SSSR count). The number of hydrogen-bond donors (Lipinski definition) is 1. The molecular formula is C18H19ClF2N2O3. The third-order valence-electron chi connectivity index (χ3n) is 3.36. The summed E-state index contributed by atoms with van der Waals surface area (Å²) in [6, 6.07) is 3.64. The van der Waals surface area contributed by atoms with Crippen molar-refractivity contribution < 1.29 is 23.0 Å². The van der Waals surface area contributed by atoms with Gasteiger partial charge in [-0.2, -0.15) is 0 Å². The van der Waals surface area contributed by atoms with Crippen molar-refractivity contribution in [2.45, 2.75) is 20.4 Å². The van der Waals surface area contributed by atoms with E-state index in [9.17, 15) is 13.6 Å². The first-order valence-corrected chi connectivity index (χ1v) is 8.28. The lowest BCUT2D eigenvalue weighted by atomic mass is 10.2. The summed E-state index contributed by atoms with van der Waals surface area (Å²) in [5, 5.41) is 2.73. The lowest BCUT2D eigenvalue weighted by Crippen LogP contribution is -2.24. The zero-order chi connectivity index (χ0) is 19.3. The lowest BCUT2D eigenvalue weighted by Gasteiger charge is -2.13. The van der Waals surface area contributed by atoms with Crippen molar-refractivity contribution in [1.29, 1.82) is 0 Å². The van der Waals surface area contributed by atoms with Crippen molar-refractivity contribution in [2.24, 2.45) is 5.92 Å². The van der Waals surface area contributed by atoms with Crippen LogP contribution in [-0.4, -0.2) is 24.6 Å². The number of nitrogens with zero attached hydrogens (tertiary/aromatic N) is 1. The molecule has 2 aromatic rings. The fourth-order valence-electron chi connectivity index (χ4n) is 2.16. The molecule has 1 heterocycles. The number of amides is 1. The van der Waals surface area contributed by atoms with E-state index in [1.165, 1.54) is 19.4 Å². The fourth-order valence-corrected chi connectivity index (χ4v) is 2.38. The monoisotopic (exact) mass is 384 g/mol. The highest BCUT2D eigenvalue weighted by Gasteiger charge is 2.19. The SMILES string of the molecule is COc1c(F)cc(CNC(=O)c2c(Cl)ccnc2OCC(C)C)cc1F. The molecule has 0 spiro atoms. The Balaban J connectivity index is 2.15. The van der Waals surface area contributed by atoms with Gasteiger partial charge in [-0.3, -0.25) is 4.79 Å². The number of halogens is 3. The molecule has 26 heavy (non-hydrogen) atoms. The normalized spacial score (nSPS) is 10.7. The van der Waals surface area contributed by atoms with E-state index in [1.54, 1.807) is 0 Å². The summed E-state index contributed by atoms with van der Waals surface area (Å²) in [4.78, 5) is 16.5. The minimum absolute atomic E-state index is 0.0734. The van der Waals surface area contributed by atoms with E-state index in [-0.39, 0.29) is 34.5 Å². The standard InChI is InChI=1S/C18H19ClF2N2O3/c1-10(2)9-26-18-15(12(19)4-5-22-18)17(24)23-8-11-6-13(20)16(25-3)14(21)7-11/h4-7,10H,8-9H2,1-3H3,(H,23,24). The van der Waals surface area contributed by atoms with Gasteiger partial charge in [-0.05, 0) is 29.7 Å². The second-order valence-corrected chi connectivity index (χ2v) is 6.36. The minimum Gasteiger partial charge on any atom is -0.491 e. The molecule has 1 aromatic carbocycles. The first-order valence-electron chi connectivity index (χ1n) is 7.90. The number of pyridine rings is 1. The summed E-state index contributed by atoms with van der Waals surface area (Å²) in [7, 11) is 1.17. The minimum atomic E-state index is -0.850. The molecule has 0 atom stereocenters. The number of ether oxygens (including phenoxy) is 2. The zero-order valence-corrected chi connectivity index (χ0v) is 15.4. The second-order valence-electron chi connectivity index (χ2n) is 5.95. The molecule has 5 nitrogen and oxygen atoms in total. The molecule has 0 saturated carbocycles. The van der Waals surface area contributed by atoms with Crippen LogP contribution in [0.1, 0.15) is 29.8 Å². The van der Waals surface area contributed by atoms with E-state index < -0.39 is 23.3 Å². The molecule has 0 saturated heterocycles. The predicted octanol–water partition coefficient (Wildman–Crippen LogP) is 3.99. The molecule has 0 radical (unpaired) electrons. The summed E-state index contributed by atoms with van der Waals surface area (Å²) in [5.41, 5.74) is 0.308. The topological polar surface area (TPSA) is 60.5 Å². The zero-order valence-electron chi connectivity index (χ0n) is 14.6. The Kier molecular flexibility index (Phi) is 6.74. The third-order valence-corrected chi connectivity index (χ3v) is 3.68. The summed E-state index contributed by atoms with van der Waals surface area (Å²) in [6.07, 6.45) is 1.43. The Morgan fingerprint density at radius 2 is 1.96 bits per heavy atom. The molecule has 0 bridgehead atoms. The maximum Gasteiger partial charge on any atom is 0.258 e. The smallest absolute Gasteiger partial charge is 0.258 e. The largest absolute Gasteiger partial charge is 0.491 e. The van der Waals surface area contributed by atoms with Gasteiger partial charge in [-0.25, -0.2) is 13.8 Å². The quantitative estimate of drug-likeness (QED) is 0.784. The van der Waals surface area contributed by atoms with Gasteiger partial charge in [-0.15, -0.1) is 0 Å². The van der Waals surface area contributed by atoms with Gasteiger partial charge in [0.05, 0.1) is 18.7 Å². The number of aromatic nitrogens is 1. The van der Waals surface area contributed by atoms with Gasteiger partial charge in [0.25, 0.3) is 5.91 Å². The van der Waals surface area contributed by atoms with Crippen molar-refractivity contribution in [3.05, 3.63) is 52.2 Å². The van der Waals surface area contributed by atoms with E-state index in [0.717, 1.165) is 12.1 Å². The summed E-state index contributed by atoms with van der Waals surface area (Å²) >= 11 is 6.09. The van der Waals surface area contributed by atoms with E-state index in [0.29, 0.717) is 6.61 Å². The van der Waals surface area contributed by atoms with Crippen LogP contribution in [0.5, 0.6) is 11.6 Å². The number of methoxy groups -OCH3 is 1. The van der Waals surface area contributed by atoms with Crippen molar-refractivity contribution in [2.75, 3.05) is 13.7 Å². The molecule has 140 valence electrons. The molecule has 0 unspecified atom stereocenters. The molecule has 0 aliphatic heterocycles. The lowest BCUT2D eigenvalue weighted by molar-refractivity contribution is 0.0945. The highest BCUT2D eigenvalue weighted by Crippen LogP contribution is 2.25. The van der Waals surface area contributed by atoms with Gasteiger partial charge >= 0.3 is 0 Å². The summed E-state index contributed by atoms with van der Waals surface area (Å²) < 4.78 is 37.6. The highest BCUT2D eigenvalue weighted by atomic mass is 35.5. The number of benzene rings is 1. The van der Waals surface area contributed by atoms with Crippen molar-refractivity contribution in [3.8, 4) is 11.6 Å². The average molecular weight is 385 g/mol. The first kappa shape index (κ1) is 19.9. The fraction of sp³-hybridized carbons (Fsp3) is 0.333.